The van der Waals surface area contributed by atoms with E-state index < -0.39 is 0 Å². The summed E-state index contributed by atoms with van der Waals surface area (Å²) in [4.78, 5) is 29.4. The molecule has 2 amide bonds. The summed E-state index contributed by atoms with van der Waals surface area (Å²) in [6.07, 6.45) is 8.70. The standard InChI is InChI=1S/C24H34N2O3/c1-29-21-5-3-2-4-20(21)8-9-22(27)25-15-12-24(13-16-25)11-10-23(28)26(17-14-24)18-19-6-7-19/h2-5,19H,6-18H2,1H3. The van der Waals surface area contributed by atoms with Gasteiger partial charge in [0.15, 0.2) is 0 Å². The molecular formula is C24H34N2O3. The molecule has 158 valence electrons. The Labute approximate surface area is 174 Å². The van der Waals surface area contributed by atoms with Crippen molar-refractivity contribution in [2.24, 2.45) is 11.3 Å². The summed E-state index contributed by atoms with van der Waals surface area (Å²) in [7, 11) is 1.67. The third kappa shape index (κ3) is 4.93. The Hall–Kier alpha value is -2.04. The van der Waals surface area contributed by atoms with Crippen molar-refractivity contribution in [1.29, 1.82) is 0 Å². The smallest absolute Gasteiger partial charge is 0.222 e. The highest BCUT2D eigenvalue weighted by atomic mass is 16.5. The molecule has 4 rings (SSSR count). The predicted octanol–water partition coefficient (Wildman–Crippen LogP) is 3.66. The number of carbonyl (C=O) groups is 2. The van der Waals surface area contributed by atoms with Crippen molar-refractivity contribution in [1.82, 2.24) is 9.80 Å². The number of carbonyl (C=O) groups excluding carboxylic acids is 2. The van der Waals surface area contributed by atoms with Crippen LogP contribution in [0.5, 0.6) is 5.75 Å². The minimum Gasteiger partial charge on any atom is -0.496 e. The van der Waals surface area contributed by atoms with Crippen LogP contribution in [-0.4, -0.2) is 54.9 Å². The number of amides is 2. The van der Waals surface area contributed by atoms with Gasteiger partial charge in [-0.3, -0.25) is 9.59 Å². The molecule has 5 heteroatoms. The maximum atomic E-state index is 12.8. The summed E-state index contributed by atoms with van der Waals surface area (Å²) in [6, 6.07) is 7.93. The molecule has 0 atom stereocenters. The van der Waals surface area contributed by atoms with Crippen molar-refractivity contribution in [2.45, 2.75) is 57.8 Å². The van der Waals surface area contributed by atoms with Gasteiger partial charge in [0.1, 0.15) is 5.75 Å². The Morgan fingerprint density at radius 2 is 1.83 bits per heavy atom. The average Bonchev–Trinajstić information content (AvgIpc) is 3.59. The first-order chi connectivity index (χ1) is 14.1. The zero-order valence-electron chi connectivity index (χ0n) is 17.7. The third-order valence-electron chi connectivity index (χ3n) is 7.29. The fourth-order valence-electron chi connectivity index (χ4n) is 5.00. The molecule has 29 heavy (non-hydrogen) atoms. The lowest BCUT2D eigenvalue weighted by atomic mass is 9.73. The van der Waals surface area contributed by atoms with E-state index in [-0.39, 0.29) is 11.3 Å². The van der Waals surface area contributed by atoms with Gasteiger partial charge in [0.2, 0.25) is 11.8 Å². The summed E-state index contributed by atoms with van der Waals surface area (Å²) in [5.74, 6) is 2.21. The summed E-state index contributed by atoms with van der Waals surface area (Å²) < 4.78 is 5.40. The molecule has 0 bridgehead atoms. The average molecular weight is 399 g/mol. The van der Waals surface area contributed by atoms with E-state index >= 15 is 0 Å². The number of methoxy groups -OCH3 is 1. The molecule has 0 unspecified atom stereocenters. The number of piperidine rings is 1. The van der Waals surface area contributed by atoms with E-state index in [4.69, 9.17) is 4.74 Å². The summed E-state index contributed by atoms with van der Waals surface area (Å²) in [5.41, 5.74) is 1.35. The lowest BCUT2D eigenvalue weighted by Crippen LogP contribution is -2.43. The topological polar surface area (TPSA) is 49.9 Å². The first-order valence-corrected chi connectivity index (χ1v) is 11.3. The molecule has 1 aromatic carbocycles. The van der Waals surface area contributed by atoms with Crippen LogP contribution in [0.25, 0.3) is 0 Å². The highest BCUT2D eigenvalue weighted by molar-refractivity contribution is 5.77. The van der Waals surface area contributed by atoms with Crippen LogP contribution in [0.2, 0.25) is 0 Å². The largest absolute Gasteiger partial charge is 0.496 e. The number of hydrogen-bond donors (Lipinski definition) is 0. The van der Waals surface area contributed by atoms with Crippen LogP contribution in [0.1, 0.15) is 56.9 Å². The number of ether oxygens (including phenoxy) is 1. The molecule has 0 radical (unpaired) electrons. The van der Waals surface area contributed by atoms with Crippen molar-refractivity contribution in [3.05, 3.63) is 29.8 Å². The van der Waals surface area contributed by atoms with Gasteiger partial charge in [0, 0.05) is 39.0 Å². The zero-order chi connectivity index (χ0) is 20.3. The van der Waals surface area contributed by atoms with Crippen LogP contribution < -0.4 is 4.74 Å². The Kier molecular flexibility index (Phi) is 6.12. The molecule has 2 heterocycles. The van der Waals surface area contributed by atoms with Crippen molar-refractivity contribution >= 4 is 11.8 Å². The van der Waals surface area contributed by atoms with Crippen LogP contribution in [0.3, 0.4) is 0 Å². The molecule has 3 aliphatic rings. The Morgan fingerprint density at radius 3 is 2.55 bits per heavy atom. The molecular weight excluding hydrogens is 364 g/mol. The molecule has 2 aliphatic heterocycles. The van der Waals surface area contributed by atoms with Crippen molar-refractivity contribution in [3.63, 3.8) is 0 Å². The highest BCUT2D eigenvalue weighted by Gasteiger charge is 2.39. The summed E-state index contributed by atoms with van der Waals surface area (Å²) in [5, 5.41) is 0. The molecule has 1 aromatic rings. The van der Waals surface area contributed by atoms with Gasteiger partial charge in [-0.1, -0.05) is 18.2 Å². The van der Waals surface area contributed by atoms with Crippen LogP contribution in [0.4, 0.5) is 0 Å². The number of aryl methyl sites for hydroxylation is 1. The molecule has 0 N–H and O–H groups in total. The molecule has 1 aliphatic carbocycles. The highest BCUT2D eigenvalue weighted by Crippen LogP contribution is 2.42. The van der Waals surface area contributed by atoms with E-state index in [1.54, 1.807) is 7.11 Å². The SMILES string of the molecule is COc1ccccc1CCC(=O)N1CCC2(CCC(=O)N(CC3CC3)CC2)CC1. The van der Waals surface area contributed by atoms with E-state index in [1.807, 2.05) is 29.2 Å². The molecule has 2 saturated heterocycles. The third-order valence-corrected chi connectivity index (χ3v) is 7.29. The first-order valence-electron chi connectivity index (χ1n) is 11.3. The minimum absolute atomic E-state index is 0.241. The van der Waals surface area contributed by atoms with Gasteiger partial charge in [-0.15, -0.1) is 0 Å². The zero-order valence-corrected chi connectivity index (χ0v) is 17.7. The molecule has 3 fully saturated rings. The van der Waals surface area contributed by atoms with E-state index in [0.29, 0.717) is 18.7 Å². The fraction of sp³-hybridized carbons (Fsp3) is 0.667. The first kappa shape index (κ1) is 20.2. The molecule has 1 saturated carbocycles. The number of likely N-dealkylation sites (tertiary alicyclic amines) is 2. The van der Waals surface area contributed by atoms with Crippen LogP contribution in [-0.2, 0) is 16.0 Å². The molecule has 5 nitrogen and oxygen atoms in total. The summed E-state index contributed by atoms with van der Waals surface area (Å²) in [6.45, 7) is 3.56. The Morgan fingerprint density at radius 1 is 1.10 bits per heavy atom. The Bertz CT molecular complexity index is 735. The quantitative estimate of drug-likeness (QED) is 0.735. The monoisotopic (exact) mass is 398 g/mol. The number of benzene rings is 1. The van der Waals surface area contributed by atoms with Gasteiger partial charge >= 0.3 is 0 Å². The van der Waals surface area contributed by atoms with Crippen LogP contribution in [0.15, 0.2) is 24.3 Å². The van der Waals surface area contributed by atoms with E-state index in [2.05, 4.69) is 4.90 Å². The normalized spacial score (nSPS) is 21.9. The number of nitrogens with zero attached hydrogens (tertiary/aromatic N) is 2. The number of para-hydroxylation sites is 1. The summed E-state index contributed by atoms with van der Waals surface area (Å²) >= 11 is 0. The maximum Gasteiger partial charge on any atom is 0.222 e. The second kappa shape index (κ2) is 8.76. The van der Waals surface area contributed by atoms with E-state index in [9.17, 15) is 9.59 Å². The van der Waals surface area contributed by atoms with Gasteiger partial charge in [0.05, 0.1) is 7.11 Å². The van der Waals surface area contributed by atoms with Crippen LogP contribution >= 0.6 is 0 Å². The number of rotatable bonds is 6. The lowest BCUT2D eigenvalue weighted by molar-refractivity contribution is -0.134. The van der Waals surface area contributed by atoms with Gasteiger partial charge in [0.25, 0.3) is 0 Å². The van der Waals surface area contributed by atoms with Crippen molar-refractivity contribution < 1.29 is 14.3 Å². The van der Waals surface area contributed by atoms with E-state index in [0.717, 1.165) is 75.5 Å². The molecule has 1 spiro atoms. The van der Waals surface area contributed by atoms with E-state index in [1.165, 1.54) is 12.8 Å². The van der Waals surface area contributed by atoms with Crippen molar-refractivity contribution in [3.8, 4) is 5.75 Å². The van der Waals surface area contributed by atoms with Crippen molar-refractivity contribution in [2.75, 3.05) is 33.3 Å². The van der Waals surface area contributed by atoms with Gasteiger partial charge in [-0.2, -0.15) is 0 Å². The van der Waals surface area contributed by atoms with Gasteiger partial charge in [-0.05, 0) is 67.9 Å². The van der Waals surface area contributed by atoms with Crippen LogP contribution in [0, 0.1) is 11.3 Å². The Balaban J connectivity index is 1.27. The second-order valence-electron chi connectivity index (χ2n) is 9.23. The van der Waals surface area contributed by atoms with Gasteiger partial charge in [-0.25, -0.2) is 0 Å². The molecule has 0 aromatic heterocycles. The minimum atomic E-state index is 0.241. The predicted molar refractivity (Wildman–Crippen MR) is 113 cm³/mol. The maximum absolute atomic E-state index is 12.8. The second-order valence-corrected chi connectivity index (χ2v) is 9.23. The van der Waals surface area contributed by atoms with Gasteiger partial charge < -0.3 is 14.5 Å². The fourth-order valence-corrected chi connectivity index (χ4v) is 5.00. The number of hydrogen-bond acceptors (Lipinski definition) is 3. The lowest BCUT2D eigenvalue weighted by Gasteiger charge is -2.41.